The molecule has 0 N–H and O–H groups in total. The molecular weight excluding hydrogens is 162 g/mol. The van der Waals surface area contributed by atoms with Crippen molar-refractivity contribution >= 4 is 9.52 Å². The molecule has 1 aliphatic rings. The average Bonchev–Trinajstić information content (AvgIpc) is 2.04. The normalized spacial score (nSPS) is 32.8. The zero-order valence-electron chi connectivity index (χ0n) is 8.42. The lowest BCUT2D eigenvalue weighted by atomic mass is 9.99. The van der Waals surface area contributed by atoms with Crippen LogP contribution >= 0.6 is 0 Å². The quantitative estimate of drug-likeness (QED) is 0.600. The highest BCUT2D eigenvalue weighted by Gasteiger charge is 2.23. The zero-order chi connectivity index (χ0) is 8.97. The van der Waals surface area contributed by atoms with Gasteiger partial charge >= 0.3 is 0 Å². The molecule has 0 aromatic carbocycles. The van der Waals surface area contributed by atoms with E-state index in [1.165, 1.54) is 25.4 Å². The maximum Gasteiger partial charge on any atom is 0.0605 e. The lowest BCUT2D eigenvalue weighted by Crippen LogP contribution is -2.45. The Balaban J connectivity index is 2.39. The van der Waals surface area contributed by atoms with Crippen LogP contribution in [0, 0.1) is 0 Å². The fourth-order valence-corrected chi connectivity index (χ4v) is 3.52. The lowest BCUT2D eigenvalue weighted by molar-refractivity contribution is 0.127. The van der Waals surface area contributed by atoms with Crippen molar-refractivity contribution in [2.24, 2.45) is 0 Å². The fourth-order valence-electron chi connectivity index (χ4n) is 2.16. The van der Waals surface area contributed by atoms with Crippen LogP contribution in [0.15, 0.2) is 12.3 Å². The van der Waals surface area contributed by atoms with Gasteiger partial charge in [-0.05, 0) is 32.9 Å². The van der Waals surface area contributed by atoms with Crippen LogP contribution in [0.1, 0.15) is 33.1 Å². The summed E-state index contributed by atoms with van der Waals surface area (Å²) in [4.78, 5) is 2.68. The predicted octanol–water partition coefficient (Wildman–Crippen LogP) is 1.52. The van der Waals surface area contributed by atoms with Crippen molar-refractivity contribution in [1.29, 1.82) is 0 Å². The molecular formula is C10H21NSi. The van der Waals surface area contributed by atoms with Gasteiger partial charge in [-0.3, -0.25) is 0 Å². The van der Waals surface area contributed by atoms with Gasteiger partial charge in [0.15, 0.2) is 0 Å². The average molecular weight is 183 g/mol. The van der Waals surface area contributed by atoms with Gasteiger partial charge in [-0.2, -0.15) is 0 Å². The van der Waals surface area contributed by atoms with E-state index in [0.29, 0.717) is 0 Å². The van der Waals surface area contributed by atoms with Crippen molar-refractivity contribution < 1.29 is 0 Å². The first-order chi connectivity index (χ1) is 5.75. The number of likely N-dealkylation sites (tertiary alicyclic amines) is 1. The first kappa shape index (κ1) is 10.0. The minimum absolute atomic E-state index is 0.00306. The minimum Gasteiger partial charge on any atom is -0.301 e. The molecule has 0 spiro atoms. The van der Waals surface area contributed by atoms with Crippen molar-refractivity contribution in [2.75, 3.05) is 6.17 Å². The van der Waals surface area contributed by atoms with Gasteiger partial charge in [0.1, 0.15) is 0 Å². The van der Waals surface area contributed by atoms with Crippen molar-refractivity contribution in [1.82, 2.24) is 4.90 Å². The molecule has 2 unspecified atom stereocenters. The van der Waals surface area contributed by atoms with E-state index in [0.717, 1.165) is 12.1 Å². The van der Waals surface area contributed by atoms with Crippen molar-refractivity contribution in [2.45, 2.75) is 45.2 Å². The van der Waals surface area contributed by atoms with Crippen LogP contribution < -0.4 is 0 Å². The van der Waals surface area contributed by atoms with Crippen LogP contribution in [0.3, 0.4) is 0 Å². The van der Waals surface area contributed by atoms with Crippen LogP contribution in [0.25, 0.3) is 0 Å². The van der Waals surface area contributed by atoms with Crippen LogP contribution in [-0.4, -0.2) is 32.7 Å². The fraction of sp³-hybridized carbons (Fsp3) is 0.800. The molecule has 1 saturated heterocycles. The van der Waals surface area contributed by atoms with E-state index in [2.05, 4.69) is 31.0 Å². The third-order valence-corrected chi connectivity index (χ3v) is 4.15. The molecule has 0 radical (unpaired) electrons. The molecule has 1 aliphatic heterocycles. The molecule has 1 rings (SSSR count). The zero-order valence-corrected chi connectivity index (χ0v) is 9.84. The van der Waals surface area contributed by atoms with Gasteiger partial charge in [0.2, 0.25) is 0 Å². The van der Waals surface area contributed by atoms with Gasteiger partial charge in [-0.25, -0.2) is 0 Å². The monoisotopic (exact) mass is 183 g/mol. The predicted molar refractivity (Wildman–Crippen MR) is 58.2 cm³/mol. The van der Waals surface area contributed by atoms with Gasteiger partial charge in [0.25, 0.3) is 0 Å². The summed E-state index contributed by atoms with van der Waals surface area (Å²) in [6.07, 6.45) is 5.56. The van der Waals surface area contributed by atoms with Crippen LogP contribution in [-0.2, 0) is 0 Å². The highest BCUT2D eigenvalue weighted by Crippen LogP contribution is 2.21. The summed E-state index contributed by atoms with van der Waals surface area (Å²) >= 11 is 0. The largest absolute Gasteiger partial charge is 0.301 e. The summed E-state index contributed by atoms with van der Waals surface area (Å²) < 4.78 is 0. The number of rotatable bonds is 3. The summed E-state index contributed by atoms with van der Waals surface area (Å²) in [5, 5.41) is 0. The standard InChI is InChI=1S/C10H21NSi/c1-4-12-8-11-9(2)6-5-7-10(11)3/h4,9-10H,1,5-8,12H2,2-3H3. The Hall–Kier alpha value is -0.0831. The second kappa shape index (κ2) is 4.82. The minimum atomic E-state index is 0.00306. The van der Waals surface area contributed by atoms with Crippen LogP contribution in [0.4, 0.5) is 0 Å². The van der Waals surface area contributed by atoms with Crippen molar-refractivity contribution in [3.05, 3.63) is 12.3 Å². The van der Waals surface area contributed by atoms with Crippen molar-refractivity contribution in [3.8, 4) is 0 Å². The Bertz CT molecular complexity index is 137. The third kappa shape index (κ3) is 2.46. The summed E-state index contributed by atoms with van der Waals surface area (Å²) in [6.45, 7) is 8.57. The summed E-state index contributed by atoms with van der Waals surface area (Å²) in [5.41, 5.74) is 2.16. The molecule has 0 aromatic heterocycles. The van der Waals surface area contributed by atoms with Gasteiger partial charge in [0.05, 0.1) is 9.52 Å². The SMILES string of the molecule is C=C[SiH2]CN1C(C)CCCC1C. The van der Waals surface area contributed by atoms with Gasteiger partial charge in [0, 0.05) is 12.1 Å². The lowest BCUT2D eigenvalue weighted by Gasteiger charge is -2.38. The molecule has 0 amide bonds. The first-order valence-electron chi connectivity index (χ1n) is 5.12. The third-order valence-electron chi connectivity index (χ3n) is 2.97. The van der Waals surface area contributed by atoms with E-state index in [1.54, 1.807) is 0 Å². The Morgan fingerprint density at radius 3 is 2.50 bits per heavy atom. The van der Waals surface area contributed by atoms with Gasteiger partial charge in [-0.15, -0.1) is 12.3 Å². The molecule has 0 aromatic rings. The molecule has 12 heavy (non-hydrogen) atoms. The summed E-state index contributed by atoms with van der Waals surface area (Å²) in [5.74, 6) is 0. The molecule has 1 fully saturated rings. The molecule has 70 valence electrons. The highest BCUT2D eigenvalue weighted by atomic mass is 28.2. The molecule has 1 nitrogen and oxygen atoms in total. The maximum absolute atomic E-state index is 3.83. The summed E-state index contributed by atoms with van der Waals surface area (Å²) in [7, 11) is 0.00306. The Morgan fingerprint density at radius 1 is 1.42 bits per heavy atom. The topological polar surface area (TPSA) is 3.24 Å². The summed E-state index contributed by atoms with van der Waals surface area (Å²) in [6, 6.07) is 1.64. The van der Waals surface area contributed by atoms with Gasteiger partial charge < -0.3 is 4.90 Å². The van der Waals surface area contributed by atoms with Gasteiger partial charge in [-0.1, -0.05) is 6.42 Å². The highest BCUT2D eigenvalue weighted by molar-refractivity contribution is 6.41. The second-order valence-electron chi connectivity index (χ2n) is 3.94. The van der Waals surface area contributed by atoms with E-state index < -0.39 is 0 Å². The molecule has 0 aliphatic carbocycles. The molecule has 0 bridgehead atoms. The number of piperidine rings is 1. The van der Waals surface area contributed by atoms with Crippen molar-refractivity contribution in [3.63, 3.8) is 0 Å². The van der Waals surface area contributed by atoms with E-state index in [-0.39, 0.29) is 9.52 Å². The smallest absolute Gasteiger partial charge is 0.0605 e. The Morgan fingerprint density at radius 2 is 2.00 bits per heavy atom. The number of hydrogen-bond acceptors (Lipinski definition) is 1. The van der Waals surface area contributed by atoms with E-state index in [1.807, 2.05) is 0 Å². The van der Waals surface area contributed by atoms with Crippen LogP contribution in [0.2, 0.25) is 0 Å². The van der Waals surface area contributed by atoms with E-state index in [4.69, 9.17) is 0 Å². The first-order valence-corrected chi connectivity index (χ1v) is 6.94. The molecule has 0 saturated carbocycles. The van der Waals surface area contributed by atoms with Crippen LogP contribution in [0.5, 0.6) is 0 Å². The second-order valence-corrected chi connectivity index (χ2v) is 5.55. The maximum atomic E-state index is 3.83. The Labute approximate surface area is 78.7 Å². The van der Waals surface area contributed by atoms with E-state index >= 15 is 0 Å². The molecule has 2 atom stereocenters. The molecule has 1 heterocycles. The number of hydrogen-bond donors (Lipinski definition) is 0. The Kier molecular flexibility index (Phi) is 4.02. The molecule has 2 heteroatoms. The number of nitrogens with zero attached hydrogens (tertiary/aromatic N) is 1. The van der Waals surface area contributed by atoms with E-state index in [9.17, 15) is 0 Å².